The summed E-state index contributed by atoms with van der Waals surface area (Å²) in [6, 6.07) is 3.30. The molecule has 0 bridgehead atoms. The van der Waals surface area contributed by atoms with Crippen molar-refractivity contribution in [1.82, 2.24) is 10.6 Å². The van der Waals surface area contributed by atoms with Gasteiger partial charge in [-0.1, -0.05) is 29.1 Å². The highest BCUT2D eigenvalue weighted by Crippen LogP contribution is 2.32. The van der Waals surface area contributed by atoms with Crippen LogP contribution in [0.5, 0.6) is 5.75 Å². The molecule has 1 amide bonds. The molecule has 4 nitrogen and oxygen atoms in total. The Hall–Kier alpha value is -1.41. The summed E-state index contributed by atoms with van der Waals surface area (Å²) in [5.74, 6) is 2.44. The zero-order chi connectivity index (χ0) is 14.3. The van der Waals surface area contributed by atoms with Crippen molar-refractivity contribution < 1.29 is 9.53 Å². The second-order valence-corrected chi connectivity index (χ2v) is 4.52. The first-order valence-corrected chi connectivity index (χ1v) is 6.29. The van der Waals surface area contributed by atoms with Gasteiger partial charge in [0.1, 0.15) is 5.75 Å². The molecule has 0 unspecified atom stereocenters. The van der Waals surface area contributed by atoms with Gasteiger partial charge in [0.05, 0.1) is 11.6 Å². The topological polar surface area (TPSA) is 50.4 Å². The van der Waals surface area contributed by atoms with E-state index >= 15 is 0 Å². The fraction of sp³-hybridized carbons (Fsp3) is 0.308. The third kappa shape index (κ3) is 4.99. The first kappa shape index (κ1) is 15.6. The van der Waals surface area contributed by atoms with Crippen LogP contribution in [-0.4, -0.2) is 26.1 Å². The maximum Gasteiger partial charge on any atom is 0.258 e. The number of carbonyl (C=O) groups excluding carboxylic acids is 1. The van der Waals surface area contributed by atoms with Gasteiger partial charge in [0.15, 0.2) is 6.61 Å². The average Bonchev–Trinajstić information content (AvgIpc) is 2.35. The molecule has 6 heteroatoms. The lowest BCUT2D eigenvalue weighted by atomic mass is 10.2. The Morgan fingerprint density at radius 3 is 2.84 bits per heavy atom. The lowest BCUT2D eigenvalue weighted by Gasteiger charge is -2.13. The Labute approximate surface area is 122 Å². The Bertz CT molecular complexity index is 498. The van der Waals surface area contributed by atoms with Crippen LogP contribution in [0.4, 0.5) is 0 Å². The number of halogens is 2. The van der Waals surface area contributed by atoms with Crippen LogP contribution in [0.3, 0.4) is 0 Å². The number of nitrogens with one attached hydrogen (secondary N) is 2. The van der Waals surface area contributed by atoms with Crippen molar-refractivity contribution in [1.29, 1.82) is 0 Å². The van der Waals surface area contributed by atoms with Crippen molar-refractivity contribution in [2.45, 2.75) is 6.54 Å². The van der Waals surface area contributed by atoms with E-state index in [2.05, 4.69) is 16.6 Å². The fourth-order valence-electron chi connectivity index (χ4n) is 1.44. The monoisotopic (exact) mass is 300 g/mol. The SMILES string of the molecule is C#CCNC(=O)COc1c(Cl)cc(Cl)cc1CNC. The summed E-state index contributed by atoms with van der Waals surface area (Å²) in [6.45, 7) is 0.543. The highest BCUT2D eigenvalue weighted by Gasteiger charge is 2.12. The third-order valence-corrected chi connectivity index (χ3v) is 2.69. The van der Waals surface area contributed by atoms with Gasteiger partial charge >= 0.3 is 0 Å². The van der Waals surface area contributed by atoms with Gasteiger partial charge in [0.2, 0.25) is 0 Å². The Kier molecular flexibility index (Phi) is 6.51. The van der Waals surface area contributed by atoms with Gasteiger partial charge in [-0.05, 0) is 19.2 Å². The molecule has 1 aromatic carbocycles. The molecule has 0 aliphatic heterocycles. The zero-order valence-corrected chi connectivity index (χ0v) is 11.9. The second-order valence-electron chi connectivity index (χ2n) is 3.68. The van der Waals surface area contributed by atoms with Gasteiger partial charge in [0, 0.05) is 17.1 Å². The van der Waals surface area contributed by atoms with E-state index in [1.807, 2.05) is 0 Å². The molecule has 0 aliphatic carbocycles. The molecule has 0 aromatic heterocycles. The number of amides is 1. The van der Waals surface area contributed by atoms with Gasteiger partial charge in [-0.25, -0.2) is 0 Å². The maximum atomic E-state index is 11.4. The van der Waals surface area contributed by atoms with Crippen molar-refractivity contribution >= 4 is 29.1 Å². The molecule has 0 saturated carbocycles. The molecule has 0 radical (unpaired) electrons. The van der Waals surface area contributed by atoms with Crippen LogP contribution in [0.15, 0.2) is 12.1 Å². The molecule has 19 heavy (non-hydrogen) atoms. The zero-order valence-electron chi connectivity index (χ0n) is 10.4. The summed E-state index contributed by atoms with van der Waals surface area (Å²) in [5, 5.41) is 6.35. The minimum absolute atomic E-state index is 0.153. The van der Waals surface area contributed by atoms with E-state index in [1.165, 1.54) is 0 Å². The van der Waals surface area contributed by atoms with Crippen LogP contribution in [-0.2, 0) is 11.3 Å². The van der Waals surface area contributed by atoms with Crippen LogP contribution in [0.1, 0.15) is 5.56 Å². The van der Waals surface area contributed by atoms with E-state index in [1.54, 1.807) is 19.2 Å². The van der Waals surface area contributed by atoms with E-state index in [9.17, 15) is 4.79 Å². The quantitative estimate of drug-likeness (QED) is 0.788. The highest BCUT2D eigenvalue weighted by atomic mass is 35.5. The molecular weight excluding hydrogens is 287 g/mol. The average molecular weight is 301 g/mol. The number of carbonyl (C=O) groups is 1. The lowest BCUT2D eigenvalue weighted by Crippen LogP contribution is -2.29. The molecule has 0 atom stereocenters. The lowest BCUT2D eigenvalue weighted by molar-refractivity contribution is -0.122. The Morgan fingerprint density at radius 2 is 2.21 bits per heavy atom. The van der Waals surface area contributed by atoms with E-state index in [0.717, 1.165) is 5.56 Å². The van der Waals surface area contributed by atoms with Gasteiger partial charge in [-0.3, -0.25) is 4.79 Å². The Balaban J connectivity index is 2.76. The van der Waals surface area contributed by atoms with Gasteiger partial charge in [-0.15, -0.1) is 6.42 Å². The van der Waals surface area contributed by atoms with Crippen LogP contribution in [0, 0.1) is 12.3 Å². The molecule has 0 spiro atoms. The van der Waals surface area contributed by atoms with Gasteiger partial charge in [-0.2, -0.15) is 0 Å². The van der Waals surface area contributed by atoms with E-state index in [-0.39, 0.29) is 19.1 Å². The summed E-state index contributed by atoms with van der Waals surface area (Å²) >= 11 is 12.0. The van der Waals surface area contributed by atoms with Crippen molar-refractivity contribution in [3.8, 4) is 18.1 Å². The normalized spacial score (nSPS) is 9.79. The molecule has 0 saturated heterocycles. The molecule has 1 rings (SSSR count). The maximum absolute atomic E-state index is 11.4. The molecular formula is C13H14Cl2N2O2. The number of ether oxygens (including phenoxy) is 1. The van der Waals surface area contributed by atoms with E-state index in [4.69, 9.17) is 34.4 Å². The Morgan fingerprint density at radius 1 is 1.47 bits per heavy atom. The largest absolute Gasteiger partial charge is 0.482 e. The summed E-state index contributed by atoms with van der Waals surface area (Å²) in [5.41, 5.74) is 0.782. The standard InChI is InChI=1S/C13H14Cl2N2O2/c1-3-4-17-12(18)8-19-13-9(7-16-2)5-10(14)6-11(13)15/h1,5-6,16H,4,7-8H2,2H3,(H,17,18). The number of hydrogen-bond acceptors (Lipinski definition) is 3. The molecule has 2 N–H and O–H groups in total. The minimum atomic E-state index is -0.306. The predicted octanol–water partition coefficient (Wildman–Crippen LogP) is 1.84. The van der Waals surface area contributed by atoms with Gasteiger partial charge in [0.25, 0.3) is 5.91 Å². The smallest absolute Gasteiger partial charge is 0.258 e. The van der Waals surface area contributed by atoms with Gasteiger partial charge < -0.3 is 15.4 Å². The van der Waals surface area contributed by atoms with Crippen molar-refractivity contribution in [2.24, 2.45) is 0 Å². The summed E-state index contributed by atoms with van der Waals surface area (Å²) in [7, 11) is 1.79. The third-order valence-electron chi connectivity index (χ3n) is 2.19. The van der Waals surface area contributed by atoms with Crippen LogP contribution in [0.2, 0.25) is 10.0 Å². The number of hydrogen-bond donors (Lipinski definition) is 2. The van der Waals surface area contributed by atoms with Crippen LogP contribution < -0.4 is 15.4 Å². The number of rotatable bonds is 6. The van der Waals surface area contributed by atoms with Crippen molar-refractivity contribution in [2.75, 3.05) is 20.2 Å². The molecule has 1 aromatic rings. The summed E-state index contributed by atoms with van der Waals surface area (Å²) in [6.07, 6.45) is 5.04. The van der Waals surface area contributed by atoms with E-state index in [0.29, 0.717) is 22.3 Å². The van der Waals surface area contributed by atoms with Crippen LogP contribution >= 0.6 is 23.2 Å². The van der Waals surface area contributed by atoms with Crippen molar-refractivity contribution in [3.63, 3.8) is 0 Å². The molecule has 0 heterocycles. The summed E-state index contributed by atoms with van der Waals surface area (Å²) in [4.78, 5) is 11.4. The number of benzene rings is 1. The fourth-order valence-corrected chi connectivity index (χ4v) is 2.03. The molecule has 0 aliphatic rings. The first-order valence-electron chi connectivity index (χ1n) is 5.54. The first-order chi connectivity index (χ1) is 9.08. The van der Waals surface area contributed by atoms with Crippen molar-refractivity contribution in [3.05, 3.63) is 27.7 Å². The predicted molar refractivity (Wildman–Crippen MR) is 76.6 cm³/mol. The second kappa shape index (κ2) is 7.90. The minimum Gasteiger partial charge on any atom is -0.482 e. The van der Waals surface area contributed by atoms with Crippen LogP contribution in [0.25, 0.3) is 0 Å². The summed E-state index contributed by atoms with van der Waals surface area (Å²) < 4.78 is 5.42. The van der Waals surface area contributed by atoms with E-state index < -0.39 is 0 Å². The molecule has 102 valence electrons. The highest BCUT2D eigenvalue weighted by molar-refractivity contribution is 6.35. The molecule has 0 fully saturated rings. The number of terminal acetylenes is 1.